The molecule has 4 nitrogen and oxygen atoms in total. The van der Waals surface area contributed by atoms with Gasteiger partial charge in [-0.25, -0.2) is 19.9 Å². The summed E-state index contributed by atoms with van der Waals surface area (Å²) in [6.45, 7) is 0. The molecular weight excluding hydrogens is 945 g/mol. The SMILES string of the molecule is c1ccc(-c2nc3ccc(-c4ccc(-c5ccccc5)c5ccccc45)cc3nc2-c2ccccc2)cc1.c1ccc(-c2nc3ccc(-c4ccc5c6ccccc6c6ccccc6c5c4)cc3nc2-c2ccccc2)cc1. The topological polar surface area (TPSA) is 51.6 Å². The van der Waals surface area contributed by atoms with E-state index in [9.17, 15) is 0 Å². The average Bonchev–Trinajstić information content (AvgIpc) is 3.67. The Labute approximate surface area is 452 Å². The number of benzene rings is 13. The van der Waals surface area contributed by atoms with Crippen molar-refractivity contribution in [3.05, 3.63) is 291 Å². The Morgan fingerprint density at radius 1 is 0.154 bits per heavy atom. The Morgan fingerprint density at radius 2 is 0.436 bits per heavy atom. The zero-order valence-electron chi connectivity index (χ0n) is 42.5. The zero-order valence-corrected chi connectivity index (χ0v) is 42.5. The lowest BCUT2D eigenvalue weighted by atomic mass is 9.92. The van der Waals surface area contributed by atoms with Crippen molar-refractivity contribution in [3.63, 3.8) is 0 Å². The molecule has 0 bridgehead atoms. The molecule has 2 aromatic heterocycles. The summed E-state index contributed by atoms with van der Waals surface area (Å²) in [6, 6.07) is 102. The molecular formula is C74H48N4. The summed E-state index contributed by atoms with van der Waals surface area (Å²) in [5, 5.41) is 10.2. The fourth-order valence-electron chi connectivity index (χ4n) is 11.2. The first-order valence-corrected chi connectivity index (χ1v) is 26.4. The van der Waals surface area contributed by atoms with Crippen molar-refractivity contribution in [2.75, 3.05) is 0 Å². The number of hydrogen-bond acceptors (Lipinski definition) is 4. The second-order valence-corrected chi connectivity index (χ2v) is 19.6. The Bertz CT molecular complexity index is 4660. The van der Waals surface area contributed by atoms with E-state index in [1.807, 2.05) is 60.7 Å². The van der Waals surface area contributed by atoms with Crippen LogP contribution in [-0.2, 0) is 0 Å². The van der Waals surface area contributed by atoms with Crippen LogP contribution in [0, 0.1) is 0 Å². The Balaban J connectivity index is 0.000000142. The molecule has 0 aliphatic carbocycles. The van der Waals surface area contributed by atoms with Gasteiger partial charge >= 0.3 is 0 Å². The highest BCUT2D eigenvalue weighted by molar-refractivity contribution is 6.25. The quantitative estimate of drug-likeness (QED) is 0.149. The van der Waals surface area contributed by atoms with Crippen LogP contribution in [0.2, 0.25) is 0 Å². The molecule has 0 unspecified atom stereocenters. The third-order valence-electron chi connectivity index (χ3n) is 14.9. The summed E-state index contributed by atoms with van der Waals surface area (Å²) in [4.78, 5) is 20.6. The van der Waals surface area contributed by atoms with Gasteiger partial charge in [-0.15, -0.1) is 0 Å². The van der Waals surface area contributed by atoms with Crippen LogP contribution in [0.4, 0.5) is 0 Å². The molecule has 0 saturated carbocycles. The van der Waals surface area contributed by atoms with E-state index in [1.165, 1.54) is 65.3 Å². The van der Waals surface area contributed by atoms with Crippen LogP contribution < -0.4 is 0 Å². The van der Waals surface area contributed by atoms with Gasteiger partial charge in [-0.05, 0) is 107 Å². The van der Waals surface area contributed by atoms with Crippen molar-refractivity contribution in [1.82, 2.24) is 19.9 Å². The highest BCUT2D eigenvalue weighted by atomic mass is 14.8. The smallest absolute Gasteiger partial charge is 0.0973 e. The Morgan fingerprint density at radius 3 is 0.859 bits per heavy atom. The Hall–Kier alpha value is -10.4. The van der Waals surface area contributed by atoms with Gasteiger partial charge in [0.1, 0.15) is 0 Å². The van der Waals surface area contributed by atoms with Gasteiger partial charge < -0.3 is 0 Å². The van der Waals surface area contributed by atoms with E-state index in [0.717, 1.165) is 78.2 Å². The van der Waals surface area contributed by atoms with Crippen LogP contribution >= 0.6 is 0 Å². The molecule has 0 aliphatic heterocycles. The van der Waals surface area contributed by atoms with E-state index in [0.29, 0.717) is 0 Å². The van der Waals surface area contributed by atoms with Gasteiger partial charge in [0.2, 0.25) is 0 Å². The van der Waals surface area contributed by atoms with Crippen LogP contribution in [0.3, 0.4) is 0 Å². The molecule has 15 aromatic rings. The maximum atomic E-state index is 5.20. The lowest BCUT2D eigenvalue weighted by Crippen LogP contribution is -1.96. The van der Waals surface area contributed by atoms with Crippen LogP contribution in [0.15, 0.2) is 291 Å². The van der Waals surface area contributed by atoms with Crippen molar-refractivity contribution in [2.45, 2.75) is 0 Å². The molecule has 0 radical (unpaired) electrons. The highest BCUT2D eigenvalue weighted by Gasteiger charge is 2.18. The van der Waals surface area contributed by atoms with Crippen LogP contribution in [-0.4, -0.2) is 19.9 Å². The third-order valence-corrected chi connectivity index (χ3v) is 14.9. The monoisotopic (exact) mass is 992 g/mol. The summed E-state index contributed by atoms with van der Waals surface area (Å²) < 4.78 is 0. The molecule has 4 heteroatoms. The molecule has 0 atom stereocenters. The number of rotatable bonds is 7. The second kappa shape index (κ2) is 20.0. The van der Waals surface area contributed by atoms with Crippen LogP contribution in [0.1, 0.15) is 0 Å². The number of aromatic nitrogens is 4. The first-order valence-electron chi connectivity index (χ1n) is 26.4. The highest BCUT2D eigenvalue weighted by Crippen LogP contribution is 2.40. The predicted molar refractivity (Wildman–Crippen MR) is 327 cm³/mol. The van der Waals surface area contributed by atoms with E-state index in [2.05, 4.69) is 231 Å². The van der Waals surface area contributed by atoms with Crippen molar-refractivity contribution >= 4 is 65.2 Å². The van der Waals surface area contributed by atoms with Gasteiger partial charge in [0.15, 0.2) is 0 Å². The minimum Gasteiger partial charge on any atom is -0.244 e. The summed E-state index contributed by atoms with van der Waals surface area (Å²) >= 11 is 0. The van der Waals surface area contributed by atoms with E-state index in [1.54, 1.807) is 0 Å². The lowest BCUT2D eigenvalue weighted by molar-refractivity contribution is 1.29. The fraction of sp³-hybridized carbons (Fsp3) is 0. The molecule has 13 aromatic carbocycles. The molecule has 0 N–H and O–H groups in total. The molecule has 0 saturated heterocycles. The maximum Gasteiger partial charge on any atom is 0.0973 e. The third kappa shape index (κ3) is 8.58. The van der Waals surface area contributed by atoms with Crippen LogP contribution in [0.5, 0.6) is 0 Å². The molecule has 15 rings (SSSR count). The lowest BCUT2D eigenvalue weighted by Gasteiger charge is -2.14. The van der Waals surface area contributed by atoms with Crippen molar-refractivity contribution < 1.29 is 0 Å². The average molecular weight is 993 g/mol. The number of fused-ring (bicyclic) bond motifs is 9. The molecule has 78 heavy (non-hydrogen) atoms. The second-order valence-electron chi connectivity index (χ2n) is 19.6. The summed E-state index contributed by atoms with van der Waals surface area (Å²) in [5.74, 6) is 0. The van der Waals surface area contributed by atoms with E-state index < -0.39 is 0 Å². The van der Waals surface area contributed by atoms with Crippen LogP contribution in [0.25, 0.3) is 144 Å². The normalized spacial score (nSPS) is 11.3. The molecule has 0 fully saturated rings. The predicted octanol–water partition coefficient (Wildman–Crippen LogP) is 19.5. The van der Waals surface area contributed by atoms with E-state index >= 15 is 0 Å². The van der Waals surface area contributed by atoms with Gasteiger partial charge in [0.25, 0.3) is 0 Å². The minimum atomic E-state index is 0.886. The van der Waals surface area contributed by atoms with Gasteiger partial charge in [0, 0.05) is 22.3 Å². The molecule has 364 valence electrons. The summed E-state index contributed by atoms with van der Waals surface area (Å²) in [5.41, 5.74) is 18.5. The largest absolute Gasteiger partial charge is 0.244 e. The molecule has 0 amide bonds. The van der Waals surface area contributed by atoms with Crippen molar-refractivity contribution in [3.8, 4) is 78.4 Å². The fourth-order valence-corrected chi connectivity index (χ4v) is 11.2. The van der Waals surface area contributed by atoms with Crippen molar-refractivity contribution in [1.29, 1.82) is 0 Å². The first kappa shape index (κ1) is 46.1. The summed E-state index contributed by atoms with van der Waals surface area (Å²) in [6.07, 6.45) is 0. The zero-order chi connectivity index (χ0) is 51.8. The van der Waals surface area contributed by atoms with Gasteiger partial charge in [-0.3, -0.25) is 0 Å². The standard InChI is InChI=1S/C38H24N2.C36H24N2/c1-3-11-25(12-4-1)37-38(26-13-5-2-6-14-26)40-36-24-28(20-22-35(36)39-37)27-19-21-33-31-17-8-7-15-29(31)30-16-9-10-18-32(30)34(33)23-27;1-4-12-25(13-5-1)29-21-22-30(32-19-11-10-18-31(29)32)28-20-23-33-34(24-28)38-36(27-16-8-3-9-17-27)35(37-33)26-14-6-2-7-15-26/h1-24H;1-24H. The maximum absolute atomic E-state index is 5.20. The molecule has 0 aliphatic rings. The molecule has 2 heterocycles. The van der Waals surface area contributed by atoms with E-state index in [-0.39, 0.29) is 0 Å². The number of hydrogen-bond donors (Lipinski definition) is 0. The van der Waals surface area contributed by atoms with Gasteiger partial charge in [-0.2, -0.15) is 0 Å². The van der Waals surface area contributed by atoms with Gasteiger partial charge in [-0.1, -0.05) is 261 Å². The van der Waals surface area contributed by atoms with E-state index in [4.69, 9.17) is 19.9 Å². The number of nitrogens with zero attached hydrogens (tertiary/aromatic N) is 4. The molecule has 0 spiro atoms. The minimum absolute atomic E-state index is 0.886. The Kier molecular flexibility index (Phi) is 11.8. The van der Waals surface area contributed by atoms with Gasteiger partial charge in [0.05, 0.1) is 44.8 Å². The summed E-state index contributed by atoms with van der Waals surface area (Å²) in [7, 11) is 0. The van der Waals surface area contributed by atoms with Crippen molar-refractivity contribution in [2.24, 2.45) is 0 Å². The first-order chi connectivity index (χ1) is 38.7.